The first kappa shape index (κ1) is 25.5. The van der Waals surface area contributed by atoms with Crippen molar-refractivity contribution < 1.29 is 37.7 Å². The molecule has 1 fully saturated rings. The number of benzene rings is 2. The van der Waals surface area contributed by atoms with Crippen molar-refractivity contribution in [2.75, 3.05) is 6.61 Å². The molecule has 37 heavy (non-hydrogen) atoms. The van der Waals surface area contributed by atoms with Crippen LogP contribution in [-0.4, -0.2) is 52.4 Å². The third-order valence-corrected chi connectivity index (χ3v) is 5.43. The molecule has 3 aromatic rings. The second kappa shape index (κ2) is 11.0. The number of aromatic amines is 1. The van der Waals surface area contributed by atoms with Crippen LogP contribution in [0.2, 0.25) is 0 Å². The molecule has 1 aliphatic rings. The molecule has 0 spiro atoms. The van der Waals surface area contributed by atoms with Gasteiger partial charge in [-0.3, -0.25) is 19.1 Å². The van der Waals surface area contributed by atoms with Gasteiger partial charge in [0.2, 0.25) is 5.82 Å². The molecule has 192 valence electrons. The van der Waals surface area contributed by atoms with Gasteiger partial charge in [0.05, 0.1) is 17.3 Å². The summed E-state index contributed by atoms with van der Waals surface area (Å²) in [6, 6.07) is 15.9. The quantitative estimate of drug-likeness (QED) is 0.369. The second-order valence-electron chi connectivity index (χ2n) is 7.98. The molecular formula is C25H21FN2O9. The number of rotatable bonds is 7. The Labute approximate surface area is 208 Å². The fourth-order valence-electron chi connectivity index (χ4n) is 3.76. The fraction of sp³-hybridized carbons (Fsp3) is 0.240. The van der Waals surface area contributed by atoms with E-state index < -0.39 is 66.1 Å². The Bertz CT molecular complexity index is 1400. The zero-order chi connectivity index (χ0) is 26.5. The van der Waals surface area contributed by atoms with Crippen LogP contribution in [0.25, 0.3) is 0 Å². The first-order valence-electron chi connectivity index (χ1n) is 11.1. The topological polar surface area (TPSA) is 143 Å². The van der Waals surface area contributed by atoms with Crippen molar-refractivity contribution in [3.8, 4) is 0 Å². The molecule has 2 heterocycles. The standard InChI is InChI=1S/C25H21FN2O9/c1-14(29)35-20-19(37-24(32)16-10-6-3-7-11-16)18(13-34-23(31)15-8-4-2-5-9-15)36-22(20)28-12-17(26)21(30)27-25(28)33/h2-12,18-20,22H,13H2,1H3,(H,27,30,33)/t18-,19+,20-,22-/m1/s1. The molecule has 11 nitrogen and oxygen atoms in total. The number of hydrogen-bond acceptors (Lipinski definition) is 9. The monoisotopic (exact) mass is 512 g/mol. The lowest BCUT2D eigenvalue weighted by Crippen LogP contribution is -2.43. The average Bonchev–Trinajstić information content (AvgIpc) is 3.21. The van der Waals surface area contributed by atoms with Crippen molar-refractivity contribution in [1.29, 1.82) is 0 Å². The number of esters is 3. The number of nitrogens with zero attached hydrogens (tertiary/aromatic N) is 1. The molecule has 1 N–H and O–H groups in total. The van der Waals surface area contributed by atoms with E-state index in [9.17, 15) is 28.4 Å². The summed E-state index contributed by atoms with van der Waals surface area (Å²) in [4.78, 5) is 63.0. The number of ether oxygens (including phenoxy) is 4. The van der Waals surface area contributed by atoms with E-state index in [1.807, 2.05) is 0 Å². The zero-order valence-corrected chi connectivity index (χ0v) is 19.4. The maximum atomic E-state index is 14.0. The molecule has 0 bridgehead atoms. The Morgan fingerprint density at radius 3 is 2.11 bits per heavy atom. The highest BCUT2D eigenvalue weighted by molar-refractivity contribution is 5.90. The van der Waals surface area contributed by atoms with E-state index >= 15 is 0 Å². The van der Waals surface area contributed by atoms with Crippen molar-refractivity contribution in [2.45, 2.75) is 31.5 Å². The Hall–Kier alpha value is -4.58. The van der Waals surface area contributed by atoms with E-state index in [1.165, 1.54) is 24.3 Å². The lowest BCUT2D eigenvalue weighted by Gasteiger charge is -2.24. The SMILES string of the molecule is CC(=O)O[C@@H]1[C@@H](OC(=O)c2ccccc2)[C@@H](COC(=O)c2ccccc2)O[C@H]1n1cc(F)c(=O)[nH]c1=O. The van der Waals surface area contributed by atoms with E-state index in [0.717, 1.165) is 6.92 Å². The summed E-state index contributed by atoms with van der Waals surface area (Å²) in [7, 11) is 0. The summed E-state index contributed by atoms with van der Waals surface area (Å²) in [5.41, 5.74) is -1.92. The van der Waals surface area contributed by atoms with Crippen molar-refractivity contribution in [3.05, 3.63) is 105 Å². The Kier molecular flexibility index (Phi) is 7.58. The largest absolute Gasteiger partial charge is 0.459 e. The maximum Gasteiger partial charge on any atom is 0.338 e. The van der Waals surface area contributed by atoms with E-state index in [4.69, 9.17) is 18.9 Å². The van der Waals surface area contributed by atoms with Crippen molar-refractivity contribution in [1.82, 2.24) is 9.55 Å². The second-order valence-corrected chi connectivity index (χ2v) is 7.98. The summed E-state index contributed by atoms with van der Waals surface area (Å²) >= 11 is 0. The fourth-order valence-corrected chi connectivity index (χ4v) is 3.76. The van der Waals surface area contributed by atoms with Crippen LogP contribution in [0.3, 0.4) is 0 Å². The zero-order valence-electron chi connectivity index (χ0n) is 19.4. The van der Waals surface area contributed by atoms with Crippen LogP contribution in [-0.2, 0) is 23.7 Å². The van der Waals surface area contributed by atoms with E-state index in [0.29, 0.717) is 10.8 Å². The number of hydrogen-bond donors (Lipinski definition) is 1. The average molecular weight is 512 g/mol. The first-order valence-corrected chi connectivity index (χ1v) is 11.1. The molecule has 0 saturated carbocycles. The number of halogens is 1. The first-order chi connectivity index (χ1) is 17.7. The molecule has 1 saturated heterocycles. The number of aromatic nitrogens is 2. The molecule has 4 atom stereocenters. The molecule has 0 amide bonds. The third-order valence-electron chi connectivity index (χ3n) is 5.43. The van der Waals surface area contributed by atoms with Crippen molar-refractivity contribution >= 4 is 17.9 Å². The Morgan fingerprint density at radius 1 is 0.919 bits per heavy atom. The third kappa shape index (κ3) is 5.81. The molecule has 4 rings (SSSR count). The molecule has 0 radical (unpaired) electrons. The van der Waals surface area contributed by atoms with Gasteiger partial charge in [-0.15, -0.1) is 0 Å². The van der Waals surface area contributed by atoms with Crippen molar-refractivity contribution in [2.24, 2.45) is 0 Å². The Morgan fingerprint density at radius 2 is 1.51 bits per heavy atom. The number of carbonyl (C=O) groups is 3. The highest BCUT2D eigenvalue weighted by Gasteiger charge is 2.51. The number of H-pyrrole nitrogens is 1. The van der Waals surface area contributed by atoms with Gasteiger partial charge in [0.15, 0.2) is 18.4 Å². The summed E-state index contributed by atoms with van der Waals surface area (Å²) in [6.07, 6.45) is -5.04. The van der Waals surface area contributed by atoms with Gasteiger partial charge < -0.3 is 18.9 Å². The lowest BCUT2D eigenvalue weighted by molar-refractivity contribution is -0.156. The smallest absolute Gasteiger partial charge is 0.338 e. The van der Waals surface area contributed by atoms with Crippen LogP contribution >= 0.6 is 0 Å². The highest BCUT2D eigenvalue weighted by atomic mass is 19.1. The normalized spacial score (nSPS) is 20.7. The van der Waals surface area contributed by atoms with Gasteiger partial charge in [-0.05, 0) is 24.3 Å². The Balaban J connectivity index is 1.68. The molecule has 12 heteroatoms. The van der Waals surface area contributed by atoms with Gasteiger partial charge in [-0.1, -0.05) is 36.4 Å². The summed E-state index contributed by atoms with van der Waals surface area (Å²) in [5.74, 6) is -3.65. The predicted octanol–water partition coefficient (Wildman–Crippen LogP) is 1.59. The molecule has 0 unspecified atom stereocenters. The van der Waals surface area contributed by atoms with Gasteiger partial charge >= 0.3 is 23.6 Å². The predicted molar refractivity (Wildman–Crippen MR) is 123 cm³/mol. The highest BCUT2D eigenvalue weighted by Crippen LogP contribution is 2.34. The van der Waals surface area contributed by atoms with Gasteiger partial charge in [0.25, 0.3) is 5.56 Å². The van der Waals surface area contributed by atoms with Crippen LogP contribution < -0.4 is 11.2 Å². The van der Waals surface area contributed by atoms with Crippen LogP contribution in [0.4, 0.5) is 4.39 Å². The summed E-state index contributed by atoms with van der Waals surface area (Å²) < 4.78 is 36.8. The molecule has 1 aromatic heterocycles. The summed E-state index contributed by atoms with van der Waals surface area (Å²) in [6.45, 7) is 0.599. The summed E-state index contributed by atoms with van der Waals surface area (Å²) in [5, 5.41) is 0. The number of nitrogens with one attached hydrogen (secondary N) is 1. The maximum absolute atomic E-state index is 14.0. The molecule has 0 aliphatic carbocycles. The minimum Gasteiger partial charge on any atom is -0.459 e. The van der Waals surface area contributed by atoms with Gasteiger partial charge in [0.1, 0.15) is 12.7 Å². The minimum atomic E-state index is -1.53. The molecule has 2 aromatic carbocycles. The lowest BCUT2D eigenvalue weighted by atomic mass is 10.1. The number of carbonyl (C=O) groups excluding carboxylic acids is 3. The van der Waals surface area contributed by atoms with Gasteiger partial charge in [0, 0.05) is 6.92 Å². The van der Waals surface area contributed by atoms with Gasteiger partial charge in [-0.2, -0.15) is 4.39 Å². The van der Waals surface area contributed by atoms with Crippen LogP contribution in [0.15, 0.2) is 76.4 Å². The molecular weight excluding hydrogens is 491 g/mol. The van der Waals surface area contributed by atoms with Crippen LogP contribution in [0.1, 0.15) is 33.9 Å². The van der Waals surface area contributed by atoms with Crippen molar-refractivity contribution in [3.63, 3.8) is 0 Å². The van der Waals surface area contributed by atoms with Crippen LogP contribution in [0, 0.1) is 5.82 Å². The van der Waals surface area contributed by atoms with Crippen LogP contribution in [0.5, 0.6) is 0 Å². The van der Waals surface area contributed by atoms with E-state index in [1.54, 1.807) is 41.4 Å². The van der Waals surface area contributed by atoms with Gasteiger partial charge in [-0.25, -0.2) is 14.4 Å². The molecule has 1 aliphatic heterocycles. The van der Waals surface area contributed by atoms with E-state index in [-0.39, 0.29) is 11.1 Å². The minimum absolute atomic E-state index is 0.166. The van der Waals surface area contributed by atoms with E-state index in [2.05, 4.69) is 0 Å².